The van der Waals surface area contributed by atoms with E-state index in [0.717, 1.165) is 24.5 Å². The molecule has 1 fully saturated rings. The molecule has 0 saturated carbocycles. The van der Waals surface area contributed by atoms with Gasteiger partial charge in [-0.3, -0.25) is 4.79 Å². The molecule has 1 aliphatic rings. The summed E-state index contributed by atoms with van der Waals surface area (Å²) in [5, 5.41) is 0. The van der Waals surface area contributed by atoms with Crippen LogP contribution in [0.5, 0.6) is 5.75 Å². The van der Waals surface area contributed by atoms with Crippen molar-refractivity contribution in [1.82, 2.24) is 9.88 Å². The largest absolute Gasteiger partial charge is 0.492 e. The van der Waals surface area contributed by atoms with Crippen LogP contribution in [-0.2, 0) is 4.74 Å². The summed E-state index contributed by atoms with van der Waals surface area (Å²) >= 11 is 0. The van der Waals surface area contributed by atoms with Gasteiger partial charge in [-0.2, -0.15) is 0 Å². The quantitative estimate of drug-likeness (QED) is 0.801. The Morgan fingerprint density at radius 1 is 1.11 bits per heavy atom. The van der Waals surface area contributed by atoms with Crippen LogP contribution in [0.15, 0.2) is 24.3 Å². The van der Waals surface area contributed by atoms with Gasteiger partial charge in [0.25, 0.3) is 5.91 Å². The molecule has 0 atom stereocenters. The number of benzene rings is 1. The van der Waals surface area contributed by atoms with Crippen molar-refractivity contribution in [2.75, 3.05) is 44.8 Å². The number of ether oxygens (including phenoxy) is 2. The van der Waals surface area contributed by atoms with Crippen LogP contribution >= 0.6 is 0 Å². The number of nitrogens with one attached hydrogen (secondary N) is 1. The maximum Gasteiger partial charge on any atom is 0.339 e. The third-order valence-corrected chi connectivity index (χ3v) is 5.11. The number of H-pyrrole nitrogens is 1. The van der Waals surface area contributed by atoms with Crippen molar-refractivity contribution < 1.29 is 19.1 Å². The number of amides is 1. The highest BCUT2D eigenvalue weighted by atomic mass is 16.5. The van der Waals surface area contributed by atoms with Crippen molar-refractivity contribution in [2.24, 2.45) is 0 Å². The second-order valence-electron chi connectivity index (χ2n) is 6.80. The molecule has 7 heteroatoms. The van der Waals surface area contributed by atoms with Crippen molar-refractivity contribution >= 4 is 17.6 Å². The molecule has 2 heterocycles. The lowest BCUT2D eigenvalue weighted by Crippen LogP contribution is -2.49. The van der Waals surface area contributed by atoms with Crippen LogP contribution in [-0.4, -0.2) is 61.7 Å². The average molecular weight is 385 g/mol. The molecule has 0 unspecified atom stereocenters. The first-order valence-corrected chi connectivity index (χ1v) is 9.51. The van der Waals surface area contributed by atoms with E-state index in [9.17, 15) is 9.59 Å². The van der Waals surface area contributed by atoms with Gasteiger partial charge in [0.15, 0.2) is 0 Å². The Bertz CT molecular complexity index is 867. The number of methoxy groups -OCH3 is 1. The number of nitrogens with zero attached hydrogens (tertiary/aromatic N) is 2. The summed E-state index contributed by atoms with van der Waals surface area (Å²) in [7, 11) is 1.34. The number of carbonyl (C=O) groups is 2. The molecule has 1 N–H and O–H groups in total. The van der Waals surface area contributed by atoms with E-state index in [0.29, 0.717) is 42.2 Å². The zero-order valence-corrected chi connectivity index (χ0v) is 16.9. The van der Waals surface area contributed by atoms with Crippen molar-refractivity contribution in [1.29, 1.82) is 0 Å². The third-order valence-electron chi connectivity index (χ3n) is 5.11. The number of aromatic amines is 1. The van der Waals surface area contributed by atoms with E-state index < -0.39 is 5.97 Å². The molecule has 150 valence electrons. The number of rotatable bonds is 5. The summed E-state index contributed by atoms with van der Waals surface area (Å²) in [5.74, 6) is 0.347. The first-order valence-electron chi connectivity index (χ1n) is 9.51. The number of anilines is 1. The van der Waals surface area contributed by atoms with Crippen LogP contribution in [0.25, 0.3) is 0 Å². The standard InChI is InChI=1S/C21H27N3O4/c1-5-28-17-9-7-6-8-16(17)23-10-12-24(13-11-23)20(25)19-14(2)18(15(3)22-19)21(26)27-4/h6-9,22H,5,10-13H2,1-4H3. The van der Waals surface area contributed by atoms with Crippen LogP contribution in [0, 0.1) is 13.8 Å². The van der Waals surface area contributed by atoms with Crippen LogP contribution in [0.3, 0.4) is 0 Å². The first kappa shape index (κ1) is 19.8. The first-order chi connectivity index (χ1) is 13.5. The van der Waals surface area contributed by atoms with Gasteiger partial charge in [0.2, 0.25) is 0 Å². The van der Waals surface area contributed by atoms with Crippen molar-refractivity contribution in [2.45, 2.75) is 20.8 Å². The molecule has 28 heavy (non-hydrogen) atoms. The minimum Gasteiger partial charge on any atom is -0.492 e. The summed E-state index contributed by atoms with van der Waals surface area (Å²) in [6.45, 7) is 8.78. The van der Waals surface area contributed by atoms with Gasteiger partial charge in [-0.1, -0.05) is 12.1 Å². The summed E-state index contributed by atoms with van der Waals surface area (Å²) in [5.41, 5.74) is 3.24. The predicted molar refractivity (Wildman–Crippen MR) is 107 cm³/mol. The van der Waals surface area contributed by atoms with Gasteiger partial charge in [-0.25, -0.2) is 4.79 Å². The number of aromatic nitrogens is 1. The number of para-hydroxylation sites is 2. The van der Waals surface area contributed by atoms with Gasteiger partial charge in [0.05, 0.1) is 25.0 Å². The maximum absolute atomic E-state index is 13.0. The predicted octanol–water partition coefficient (Wildman–Crippen LogP) is 2.78. The van der Waals surface area contributed by atoms with Crippen LogP contribution < -0.4 is 9.64 Å². The highest BCUT2D eigenvalue weighted by molar-refractivity contribution is 6.00. The van der Waals surface area contributed by atoms with Gasteiger partial charge >= 0.3 is 5.97 Å². The Balaban J connectivity index is 1.72. The van der Waals surface area contributed by atoms with E-state index in [2.05, 4.69) is 9.88 Å². The topological polar surface area (TPSA) is 74.9 Å². The summed E-state index contributed by atoms with van der Waals surface area (Å²) in [4.78, 5) is 32.1. The molecule has 0 radical (unpaired) electrons. The second-order valence-corrected chi connectivity index (χ2v) is 6.80. The normalized spacial score (nSPS) is 14.1. The Labute approximate surface area is 165 Å². The number of aryl methyl sites for hydroxylation is 1. The fraction of sp³-hybridized carbons (Fsp3) is 0.429. The maximum atomic E-state index is 13.0. The Kier molecular flexibility index (Phi) is 5.92. The summed E-state index contributed by atoms with van der Waals surface area (Å²) in [6, 6.07) is 7.97. The molecule has 1 aromatic heterocycles. The van der Waals surface area contributed by atoms with Gasteiger partial charge in [-0.15, -0.1) is 0 Å². The highest BCUT2D eigenvalue weighted by Gasteiger charge is 2.28. The number of hydrogen-bond donors (Lipinski definition) is 1. The lowest BCUT2D eigenvalue weighted by Gasteiger charge is -2.36. The Hall–Kier alpha value is -2.96. The van der Waals surface area contributed by atoms with Crippen LogP contribution in [0.2, 0.25) is 0 Å². The zero-order chi connectivity index (χ0) is 20.3. The number of esters is 1. The number of carbonyl (C=O) groups excluding carboxylic acids is 2. The SMILES string of the molecule is CCOc1ccccc1N1CCN(C(=O)c2[nH]c(C)c(C(=O)OC)c2C)CC1. The molecule has 2 aromatic rings. The molecular weight excluding hydrogens is 358 g/mol. The van der Waals surface area contributed by atoms with Gasteiger partial charge in [-0.05, 0) is 38.5 Å². The summed E-state index contributed by atoms with van der Waals surface area (Å²) in [6.07, 6.45) is 0. The van der Waals surface area contributed by atoms with Crippen molar-refractivity contribution in [3.8, 4) is 5.75 Å². The molecule has 1 aliphatic heterocycles. The number of hydrogen-bond acceptors (Lipinski definition) is 5. The van der Waals surface area contributed by atoms with Crippen LogP contribution in [0.1, 0.15) is 39.0 Å². The minimum atomic E-state index is -0.428. The molecule has 7 nitrogen and oxygen atoms in total. The van der Waals surface area contributed by atoms with Crippen molar-refractivity contribution in [3.63, 3.8) is 0 Å². The lowest BCUT2D eigenvalue weighted by molar-refractivity contribution is 0.0599. The molecule has 0 bridgehead atoms. The Morgan fingerprint density at radius 2 is 1.79 bits per heavy atom. The molecule has 0 spiro atoms. The summed E-state index contributed by atoms with van der Waals surface area (Å²) < 4.78 is 10.6. The van der Waals surface area contributed by atoms with Gasteiger partial charge in [0.1, 0.15) is 11.4 Å². The third kappa shape index (κ3) is 3.69. The minimum absolute atomic E-state index is 0.0894. The Morgan fingerprint density at radius 3 is 2.43 bits per heavy atom. The monoisotopic (exact) mass is 385 g/mol. The van der Waals surface area contributed by atoms with Gasteiger partial charge in [0, 0.05) is 31.9 Å². The molecule has 1 aromatic carbocycles. The highest BCUT2D eigenvalue weighted by Crippen LogP contribution is 2.29. The average Bonchev–Trinajstić information content (AvgIpc) is 3.02. The smallest absolute Gasteiger partial charge is 0.339 e. The van der Waals surface area contributed by atoms with E-state index in [4.69, 9.17) is 9.47 Å². The molecule has 3 rings (SSSR count). The number of piperazine rings is 1. The molecule has 0 aliphatic carbocycles. The second kappa shape index (κ2) is 8.37. The van der Waals surface area contributed by atoms with E-state index in [1.165, 1.54) is 7.11 Å². The lowest BCUT2D eigenvalue weighted by atomic mass is 10.1. The fourth-order valence-corrected chi connectivity index (χ4v) is 3.68. The van der Waals surface area contributed by atoms with Crippen molar-refractivity contribution in [3.05, 3.63) is 46.8 Å². The fourth-order valence-electron chi connectivity index (χ4n) is 3.68. The zero-order valence-electron chi connectivity index (χ0n) is 16.9. The van der Waals surface area contributed by atoms with E-state index >= 15 is 0 Å². The van der Waals surface area contributed by atoms with Gasteiger partial charge < -0.3 is 24.3 Å². The van der Waals surface area contributed by atoms with Crippen LogP contribution in [0.4, 0.5) is 5.69 Å². The van der Waals surface area contributed by atoms with E-state index in [1.54, 1.807) is 13.8 Å². The molecule has 1 saturated heterocycles. The molecule has 1 amide bonds. The molecular formula is C21H27N3O4. The van der Waals surface area contributed by atoms with E-state index in [-0.39, 0.29) is 5.91 Å². The van der Waals surface area contributed by atoms with E-state index in [1.807, 2.05) is 36.1 Å².